The third-order valence-electron chi connectivity index (χ3n) is 6.24. The third kappa shape index (κ3) is 4.22. The number of nitrogens with one attached hydrogen (secondary N) is 1. The first-order valence-corrected chi connectivity index (χ1v) is 11.7. The summed E-state index contributed by atoms with van der Waals surface area (Å²) in [5.41, 5.74) is 3.13. The van der Waals surface area contributed by atoms with Crippen LogP contribution in [0.4, 0.5) is 5.82 Å². The average molecular weight is 428 g/mol. The molecular weight excluding hydrogens is 398 g/mol. The highest BCUT2D eigenvalue weighted by molar-refractivity contribution is 7.05. The molecule has 0 unspecified atom stereocenters. The van der Waals surface area contributed by atoms with E-state index >= 15 is 0 Å². The van der Waals surface area contributed by atoms with Crippen molar-refractivity contribution in [1.29, 1.82) is 0 Å². The minimum absolute atomic E-state index is 0.162. The molecule has 1 saturated heterocycles. The first kappa shape index (κ1) is 19.9. The highest BCUT2D eigenvalue weighted by Gasteiger charge is 2.24. The van der Waals surface area contributed by atoms with Gasteiger partial charge in [-0.2, -0.15) is 4.37 Å². The van der Waals surface area contributed by atoms with Crippen LogP contribution in [-0.4, -0.2) is 49.4 Å². The molecule has 5 rings (SSSR count). The molecule has 0 spiro atoms. The van der Waals surface area contributed by atoms with Crippen LogP contribution in [0.5, 0.6) is 0 Å². The number of aliphatic hydroxyl groups excluding tert-OH is 1. The Labute approximate surface area is 180 Å². The molecule has 1 aliphatic heterocycles. The van der Waals surface area contributed by atoms with Gasteiger partial charge in [-0.3, -0.25) is 0 Å². The topological polar surface area (TPSA) is 85.1 Å². The van der Waals surface area contributed by atoms with Crippen LogP contribution in [0.2, 0.25) is 0 Å². The smallest absolute Gasteiger partial charge is 0.154 e. The minimum atomic E-state index is -0.162. The molecule has 2 fully saturated rings. The van der Waals surface area contributed by atoms with Gasteiger partial charge in [0.05, 0.1) is 17.3 Å². The molecule has 1 aliphatic carbocycles. The van der Waals surface area contributed by atoms with Gasteiger partial charge in [0.25, 0.3) is 0 Å². The van der Waals surface area contributed by atoms with Gasteiger partial charge in [0.2, 0.25) is 0 Å². The minimum Gasteiger partial charge on any atom is -0.393 e. The van der Waals surface area contributed by atoms with E-state index in [1.54, 1.807) is 0 Å². The van der Waals surface area contributed by atoms with E-state index in [9.17, 15) is 5.11 Å². The van der Waals surface area contributed by atoms with Gasteiger partial charge in [-0.15, -0.1) is 0 Å². The fourth-order valence-corrected chi connectivity index (χ4v) is 5.36. The summed E-state index contributed by atoms with van der Waals surface area (Å²) in [6, 6.07) is 4.98. The van der Waals surface area contributed by atoms with E-state index < -0.39 is 0 Å². The van der Waals surface area contributed by atoms with Gasteiger partial charge in [0, 0.05) is 42.8 Å². The Hall–Kier alpha value is -2.03. The number of ether oxygens (including phenoxy) is 1. The Kier molecular flexibility index (Phi) is 5.71. The van der Waals surface area contributed by atoms with Crippen LogP contribution in [0.25, 0.3) is 11.0 Å². The van der Waals surface area contributed by atoms with Crippen molar-refractivity contribution in [3.05, 3.63) is 34.7 Å². The molecule has 3 aromatic heterocycles. The van der Waals surface area contributed by atoms with Crippen molar-refractivity contribution in [2.75, 3.05) is 18.5 Å². The van der Waals surface area contributed by atoms with Crippen molar-refractivity contribution < 1.29 is 9.84 Å². The van der Waals surface area contributed by atoms with Crippen molar-refractivity contribution in [3.8, 4) is 0 Å². The fraction of sp³-hybridized carbons (Fsp3) is 0.591. The van der Waals surface area contributed by atoms with E-state index in [2.05, 4.69) is 32.6 Å². The van der Waals surface area contributed by atoms with Gasteiger partial charge >= 0.3 is 0 Å². The molecule has 0 radical (unpaired) electrons. The summed E-state index contributed by atoms with van der Waals surface area (Å²) in [7, 11) is 0. The predicted molar refractivity (Wildman–Crippen MR) is 118 cm³/mol. The van der Waals surface area contributed by atoms with Crippen LogP contribution in [0.15, 0.2) is 18.3 Å². The van der Waals surface area contributed by atoms with Gasteiger partial charge < -0.3 is 19.7 Å². The number of aliphatic hydroxyl groups is 1. The van der Waals surface area contributed by atoms with E-state index in [4.69, 9.17) is 14.7 Å². The normalized spacial score (nSPS) is 23.1. The maximum atomic E-state index is 9.88. The molecule has 0 bridgehead atoms. The number of nitrogens with zero attached hydrogens (tertiary/aromatic N) is 4. The van der Waals surface area contributed by atoms with Crippen molar-refractivity contribution in [2.45, 2.75) is 70.1 Å². The van der Waals surface area contributed by atoms with E-state index in [-0.39, 0.29) is 6.10 Å². The Balaban J connectivity index is 1.50. The van der Waals surface area contributed by atoms with Crippen LogP contribution < -0.4 is 5.32 Å². The number of fused-ring (bicyclic) bond motifs is 1. The van der Waals surface area contributed by atoms with E-state index in [1.807, 2.05) is 6.92 Å². The first-order chi connectivity index (χ1) is 14.7. The lowest BCUT2D eigenvalue weighted by Gasteiger charge is -2.28. The second kappa shape index (κ2) is 8.61. The number of hydrogen-bond acceptors (Lipinski definition) is 7. The summed E-state index contributed by atoms with van der Waals surface area (Å²) >= 11 is 1.52. The zero-order chi connectivity index (χ0) is 20.5. The van der Waals surface area contributed by atoms with Crippen LogP contribution in [0.1, 0.15) is 61.0 Å². The molecule has 30 heavy (non-hydrogen) atoms. The number of aromatic nitrogens is 4. The molecule has 160 valence electrons. The SMILES string of the molecule is Cc1cc(Cc2nc(NC3CCC(O)CC3)c3c(ccn3C3CCOCC3)n2)sn1. The maximum Gasteiger partial charge on any atom is 0.154 e. The number of aryl methyl sites for hydroxylation is 1. The summed E-state index contributed by atoms with van der Waals surface area (Å²) < 4.78 is 12.3. The quantitative estimate of drug-likeness (QED) is 0.643. The van der Waals surface area contributed by atoms with Gasteiger partial charge in [-0.05, 0) is 69.1 Å². The van der Waals surface area contributed by atoms with Crippen molar-refractivity contribution in [2.24, 2.45) is 0 Å². The van der Waals surface area contributed by atoms with Crippen molar-refractivity contribution in [3.63, 3.8) is 0 Å². The number of hydrogen-bond donors (Lipinski definition) is 2. The van der Waals surface area contributed by atoms with E-state index in [0.29, 0.717) is 18.5 Å². The maximum absolute atomic E-state index is 9.88. The standard InChI is InChI=1S/C22H29N5O2S/c1-14-12-18(30-26-14)13-20-24-19-6-9-27(16-7-10-29-11-8-16)21(19)22(25-20)23-15-2-4-17(28)5-3-15/h6,9,12,15-17,28H,2-5,7-8,10-11,13H2,1H3,(H,23,24,25). The predicted octanol–water partition coefficient (Wildman–Crippen LogP) is 3.85. The molecular formula is C22H29N5O2S. The highest BCUT2D eigenvalue weighted by Crippen LogP contribution is 2.32. The van der Waals surface area contributed by atoms with E-state index in [0.717, 1.165) is 80.1 Å². The lowest BCUT2D eigenvalue weighted by atomic mass is 9.93. The Bertz CT molecular complexity index is 1000. The molecule has 2 N–H and O–H groups in total. The van der Waals surface area contributed by atoms with Crippen molar-refractivity contribution in [1.82, 2.24) is 18.9 Å². The Morgan fingerprint density at radius 1 is 1.17 bits per heavy atom. The molecule has 8 heteroatoms. The molecule has 2 aliphatic rings. The second-order valence-electron chi connectivity index (χ2n) is 8.55. The summed E-state index contributed by atoms with van der Waals surface area (Å²) in [5.74, 6) is 1.75. The summed E-state index contributed by atoms with van der Waals surface area (Å²) in [4.78, 5) is 11.1. The second-order valence-corrected chi connectivity index (χ2v) is 9.44. The van der Waals surface area contributed by atoms with Crippen molar-refractivity contribution >= 4 is 28.4 Å². The molecule has 0 atom stereocenters. The van der Waals surface area contributed by atoms with Crippen LogP contribution in [0.3, 0.4) is 0 Å². The lowest BCUT2D eigenvalue weighted by molar-refractivity contribution is 0.0707. The van der Waals surface area contributed by atoms with E-state index in [1.165, 1.54) is 16.4 Å². The van der Waals surface area contributed by atoms with Crippen LogP contribution in [-0.2, 0) is 11.2 Å². The number of anilines is 1. The molecule has 0 aromatic carbocycles. The first-order valence-electron chi connectivity index (χ1n) is 11.0. The summed E-state index contributed by atoms with van der Waals surface area (Å²) in [6.45, 7) is 3.62. The highest BCUT2D eigenvalue weighted by atomic mass is 32.1. The fourth-order valence-electron chi connectivity index (χ4n) is 4.63. The number of rotatable bonds is 5. The molecule has 1 saturated carbocycles. The largest absolute Gasteiger partial charge is 0.393 e. The zero-order valence-corrected chi connectivity index (χ0v) is 18.2. The molecule has 0 amide bonds. The average Bonchev–Trinajstić information content (AvgIpc) is 3.36. The Morgan fingerprint density at radius 2 is 1.97 bits per heavy atom. The van der Waals surface area contributed by atoms with Crippen LogP contribution in [0, 0.1) is 6.92 Å². The lowest BCUT2D eigenvalue weighted by Crippen LogP contribution is -2.29. The monoisotopic (exact) mass is 427 g/mol. The molecule has 3 aromatic rings. The summed E-state index contributed by atoms with van der Waals surface area (Å²) in [6.07, 6.45) is 8.35. The van der Waals surface area contributed by atoms with Gasteiger partial charge in [-0.1, -0.05) is 0 Å². The summed E-state index contributed by atoms with van der Waals surface area (Å²) in [5, 5.41) is 13.6. The van der Waals surface area contributed by atoms with Gasteiger partial charge in [0.1, 0.15) is 11.3 Å². The van der Waals surface area contributed by atoms with Gasteiger partial charge in [0.15, 0.2) is 5.82 Å². The van der Waals surface area contributed by atoms with Crippen LogP contribution >= 0.6 is 11.5 Å². The Morgan fingerprint density at radius 3 is 2.70 bits per heavy atom. The zero-order valence-electron chi connectivity index (χ0n) is 17.4. The van der Waals surface area contributed by atoms with Gasteiger partial charge in [-0.25, -0.2) is 9.97 Å². The third-order valence-corrected chi connectivity index (χ3v) is 7.12. The molecule has 7 nitrogen and oxygen atoms in total. The molecule has 4 heterocycles.